The number of sulfonamides is 1. The van der Waals surface area contributed by atoms with Crippen molar-refractivity contribution in [1.29, 1.82) is 0 Å². The number of benzene rings is 2. The van der Waals surface area contributed by atoms with Gasteiger partial charge in [0.05, 0.1) is 17.6 Å². The number of ether oxygens (including phenoxy) is 1. The van der Waals surface area contributed by atoms with Gasteiger partial charge in [0.1, 0.15) is 0 Å². The number of anilines is 2. The maximum atomic E-state index is 12.3. The second-order valence-corrected chi connectivity index (χ2v) is 8.07. The van der Waals surface area contributed by atoms with Crippen LogP contribution in [0.1, 0.15) is 20.7 Å². The Balaban J connectivity index is 1.68. The summed E-state index contributed by atoms with van der Waals surface area (Å²) in [7, 11) is -2.48. The third-order valence-corrected chi connectivity index (χ3v) is 5.82. The van der Waals surface area contributed by atoms with Gasteiger partial charge in [-0.15, -0.1) is 11.3 Å². The number of hydrogen-bond donors (Lipinski definition) is 2. The monoisotopic (exact) mass is 417 g/mol. The van der Waals surface area contributed by atoms with E-state index in [4.69, 9.17) is 0 Å². The molecule has 0 saturated carbocycles. The quantitative estimate of drug-likeness (QED) is 0.596. The van der Waals surface area contributed by atoms with E-state index in [-0.39, 0.29) is 10.0 Å². The highest BCUT2D eigenvalue weighted by molar-refractivity contribution is 7.93. The number of esters is 1. The van der Waals surface area contributed by atoms with E-state index in [1.54, 1.807) is 5.38 Å². The lowest BCUT2D eigenvalue weighted by Crippen LogP contribution is -2.14. The van der Waals surface area contributed by atoms with E-state index in [9.17, 15) is 18.0 Å². The number of nitrogens with zero attached hydrogens (tertiary/aromatic N) is 1. The van der Waals surface area contributed by atoms with Gasteiger partial charge in [0.15, 0.2) is 5.13 Å². The maximum absolute atomic E-state index is 12.3. The summed E-state index contributed by atoms with van der Waals surface area (Å²) in [6, 6.07) is 11.7. The van der Waals surface area contributed by atoms with Gasteiger partial charge in [-0.2, -0.15) is 0 Å². The lowest BCUT2D eigenvalue weighted by atomic mass is 10.1. The largest absolute Gasteiger partial charge is 0.465 e. The standard InChI is InChI=1S/C18H15N3O5S2/c1-26-17(23)13-4-2-12(3-5-13)16(22)20-14-6-8-15(9-7-14)28(24,25)21-18-19-10-11-27-18/h2-11H,1H3,(H,19,21)(H,20,22). The molecule has 3 rings (SSSR count). The molecule has 1 amide bonds. The molecule has 0 atom stereocenters. The molecule has 0 saturated heterocycles. The summed E-state index contributed by atoms with van der Waals surface area (Å²) in [6.45, 7) is 0. The molecule has 1 heterocycles. The van der Waals surface area contributed by atoms with Gasteiger partial charge in [0.25, 0.3) is 15.9 Å². The highest BCUT2D eigenvalue weighted by Gasteiger charge is 2.16. The first-order valence-corrected chi connectivity index (χ1v) is 10.3. The Labute approximate surface area is 165 Å². The topological polar surface area (TPSA) is 114 Å². The van der Waals surface area contributed by atoms with Gasteiger partial charge in [0, 0.05) is 22.8 Å². The van der Waals surface area contributed by atoms with Crippen LogP contribution in [0.4, 0.5) is 10.8 Å². The van der Waals surface area contributed by atoms with Gasteiger partial charge in [-0.3, -0.25) is 9.52 Å². The molecule has 0 aliphatic heterocycles. The molecule has 28 heavy (non-hydrogen) atoms. The Morgan fingerprint density at radius 3 is 2.21 bits per heavy atom. The second-order valence-electron chi connectivity index (χ2n) is 5.49. The van der Waals surface area contributed by atoms with Crippen molar-refractivity contribution < 1.29 is 22.7 Å². The van der Waals surface area contributed by atoms with E-state index < -0.39 is 21.9 Å². The van der Waals surface area contributed by atoms with Crippen LogP contribution < -0.4 is 10.0 Å². The van der Waals surface area contributed by atoms with E-state index in [0.29, 0.717) is 16.8 Å². The third kappa shape index (κ3) is 4.53. The molecule has 0 spiro atoms. The first-order valence-electron chi connectivity index (χ1n) is 7.91. The van der Waals surface area contributed by atoms with Gasteiger partial charge in [-0.25, -0.2) is 18.2 Å². The predicted molar refractivity (Wildman–Crippen MR) is 105 cm³/mol. The van der Waals surface area contributed by atoms with Crippen molar-refractivity contribution in [3.8, 4) is 0 Å². The second kappa shape index (κ2) is 8.19. The van der Waals surface area contributed by atoms with E-state index in [1.165, 1.54) is 73.2 Å². The minimum atomic E-state index is -3.75. The van der Waals surface area contributed by atoms with Crippen LogP contribution in [0.15, 0.2) is 65.0 Å². The molecule has 0 aliphatic rings. The number of rotatable bonds is 6. The molecule has 0 unspecified atom stereocenters. The SMILES string of the molecule is COC(=O)c1ccc(C(=O)Nc2ccc(S(=O)(=O)Nc3nccs3)cc2)cc1. The minimum Gasteiger partial charge on any atom is -0.465 e. The molecule has 0 aliphatic carbocycles. The predicted octanol–water partition coefficient (Wildman–Crippen LogP) is 2.98. The van der Waals surface area contributed by atoms with E-state index in [0.717, 1.165) is 0 Å². The third-order valence-electron chi connectivity index (χ3n) is 3.64. The fraction of sp³-hybridized carbons (Fsp3) is 0.0556. The van der Waals surface area contributed by atoms with Gasteiger partial charge in [0.2, 0.25) is 0 Å². The van der Waals surface area contributed by atoms with Crippen LogP contribution in [0.5, 0.6) is 0 Å². The molecular formula is C18H15N3O5S2. The average Bonchev–Trinajstić information content (AvgIpc) is 3.20. The van der Waals surface area contributed by atoms with E-state index in [2.05, 4.69) is 19.8 Å². The Kier molecular flexibility index (Phi) is 5.71. The fourth-order valence-corrected chi connectivity index (χ4v) is 4.03. The zero-order chi connectivity index (χ0) is 20.1. The van der Waals surface area contributed by atoms with Crippen LogP contribution in [0, 0.1) is 0 Å². The van der Waals surface area contributed by atoms with Crippen LogP contribution in [0.2, 0.25) is 0 Å². The Morgan fingerprint density at radius 2 is 1.64 bits per heavy atom. The van der Waals surface area contributed by atoms with Gasteiger partial charge < -0.3 is 10.1 Å². The summed E-state index contributed by atoms with van der Waals surface area (Å²) in [5, 5.41) is 4.60. The number of methoxy groups -OCH3 is 1. The van der Waals surface area contributed by atoms with Crippen LogP contribution in [-0.2, 0) is 14.8 Å². The maximum Gasteiger partial charge on any atom is 0.337 e. The van der Waals surface area contributed by atoms with Crippen molar-refractivity contribution in [2.24, 2.45) is 0 Å². The first kappa shape index (κ1) is 19.5. The Hall–Kier alpha value is -3.24. The molecule has 0 fully saturated rings. The lowest BCUT2D eigenvalue weighted by molar-refractivity contribution is 0.0600. The molecule has 3 aromatic rings. The normalized spacial score (nSPS) is 10.9. The fourth-order valence-electron chi connectivity index (χ4n) is 2.24. The van der Waals surface area contributed by atoms with Crippen molar-refractivity contribution in [3.63, 3.8) is 0 Å². The van der Waals surface area contributed by atoms with Crippen molar-refractivity contribution in [2.45, 2.75) is 4.90 Å². The first-order chi connectivity index (χ1) is 13.4. The molecule has 0 radical (unpaired) electrons. The van der Waals surface area contributed by atoms with Gasteiger partial charge >= 0.3 is 5.97 Å². The van der Waals surface area contributed by atoms with Crippen LogP contribution in [-0.4, -0.2) is 32.4 Å². The Bertz CT molecular complexity index is 1080. The average molecular weight is 417 g/mol. The smallest absolute Gasteiger partial charge is 0.337 e. The number of amides is 1. The molecule has 2 aromatic carbocycles. The summed E-state index contributed by atoms with van der Waals surface area (Å²) < 4.78 is 31.6. The number of carbonyl (C=O) groups is 2. The molecule has 10 heteroatoms. The summed E-state index contributed by atoms with van der Waals surface area (Å²) in [4.78, 5) is 27.6. The highest BCUT2D eigenvalue weighted by Crippen LogP contribution is 2.20. The molecule has 1 aromatic heterocycles. The summed E-state index contributed by atoms with van der Waals surface area (Å²) in [5.74, 6) is -0.886. The van der Waals surface area contributed by atoms with Crippen LogP contribution >= 0.6 is 11.3 Å². The number of aromatic nitrogens is 1. The zero-order valence-electron chi connectivity index (χ0n) is 14.6. The van der Waals surface area contributed by atoms with Crippen molar-refractivity contribution in [2.75, 3.05) is 17.1 Å². The van der Waals surface area contributed by atoms with Crippen molar-refractivity contribution in [3.05, 3.63) is 71.2 Å². The summed E-state index contributed by atoms with van der Waals surface area (Å²) in [6.07, 6.45) is 1.50. The van der Waals surface area contributed by atoms with Crippen LogP contribution in [0.3, 0.4) is 0 Å². The molecule has 2 N–H and O–H groups in total. The molecular weight excluding hydrogens is 402 g/mol. The molecule has 0 bridgehead atoms. The van der Waals surface area contributed by atoms with Crippen molar-refractivity contribution in [1.82, 2.24) is 4.98 Å². The number of hydrogen-bond acceptors (Lipinski definition) is 7. The van der Waals surface area contributed by atoms with Crippen molar-refractivity contribution >= 4 is 44.1 Å². The molecule has 8 nitrogen and oxygen atoms in total. The zero-order valence-corrected chi connectivity index (χ0v) is 16.2. The number of thiazole rings is 1. The van der Waals surface area contributed by atoms with Gasteiger partial charge in [-0.1, -0.05) is 0 Å². The number of carbonyl (C=O) groups excluding carboxylic acids is 2. The van der Waals surface area contributed by atoms with E-state index in [1.807, 2.05) is 0 Å². The van der Waals surface area contributed by atoms with Crippen LogP contribution in [0.25, 0.3) is 0 Å². The Morgan fingerprint density at radius 1 is 1.00 bits per heavy atom. The van der Waals surface area contributed by atoms with Gasteiger partial charge in [-0.05, 0) is 48.5 Å². The minimum absolute atomic E-state index is 0.0446. The summed E-state index contributed by atoms with van der Waals surface area (Å²) >= 11 is 1.17. The lowest BCUT2D eigenvalue weighted by Gasteiger charge is -2.08. The number of nitrogens with one attached hydrogen (secondary N) is 2. The van der Waals surface area contributed by atoms with E-state index >= 15 is 0 Å². The highest BCUT2D eigenvalue weighted by atomic mass is 32.2. The molecule has 144 valence electrons. The summed E-state index contributed by atoms with van der Waals surface area (Å²) in [5.41, 5.74) is 1.10.